The summed E-state index contributed by atoms with van der Waals surface area (Å²) < 4.78 is 2.16. The molecule has 1 fully saturated rings. The quantitative estimate of drug-likeness (QED) is 0.889. The molecule has 1 aromatic rings. The number of hydrogen-bond acceptors (Lipinski definition) is 3. The summed E-state index contributed by atoms with van der Waals surface area (Å²) in [5.74, 6) is 0.560. The van der Waals surface area contributed by atoms with Gasteiger partial charge in [0.05, 0.1) is 11.7 Å². The zero-order valence-corrected chi connectivity index (χ0v) is 11.7. The van der Waals surface area contributed by atoms with Crippen LogP contribution in [0.5, 0.6) is 0 Å². The van der Waals surface area contributed by atoms with E-state index in [2.05, 4.69) is 34.7 Å². The number of rotatable bonds is 4. The van der Waals surface area contributed by atoms with Crippen LogP contribution in [0, 0.1) is 5.92 Å². The second-order valence-electron chi connectivity index (χ2n) is 5.40. The van der Waals surface area contributed by atoms with E-state index in [9.17, 15) is 0 Å². The predicted molar refractivity (Wildman–Crippen MR) is 74.3 cm³/mol. The minimum Gasteiger partial charge on any atom is -0.330 e. The van der Waals surface area contributed by atoms with Crippen molar-refractivity contribution >= 4 is 0 Å². The fourth-order valence-electron chi connectivity index (χ4n) is 3.13. The number of aryl methyl sites for hydroxylation is 1. The van der Waals surface area contributed by atoms with Crippen molar-refractivity contribution in [3.63, 3.8) is 0 Å². The number of aromatic nitrogens is 2. The van der Waals surface area contributed by atoms with Crippen LogP contribution in [0.15, 0.2) is 12.3 Å². The average molecular weight is 250 g/mol. The Kier molecular flexibility index (Phi) is 4.78. The van der Waals surface area contributed by atoms with Crippen molar-refractivity contribution in [3.05, 3.63) is 18.0 Å². The summed E-state index contributed by atoms with van der Waals surface area (Å²) in [6, 6.07) is 2.61. The van der Waals surface area contributed by atoms with Crippen LogP contribution in [0.2, 0.25) is 0 Å². The SMILES string of the molecule is CCCn1nccc1C1C(CN)CCCCN1C. The van der Waals surface area contributed by atoms with E-state index in [4.69, 9.17) is 5.73 Å². The Bertz CT molecular complexity index is 360. The lowest BCUT2D eigenvalue weighted by Gasteiger charge is -2.32. The summed E-state index contributed by atoms with van der Waals surface area (Å²) in [5.41, 5.74) is 7.34. The molecular formula is C14H26N4. The maximum absolute atomic E-state index is 6.00. The zero-order valence-electron chi connectivity index (χ0n) is 11.7. The fourth-order valence-corrected chi connectivity index (χ4v) is 3.13. The van der Waals surface area contributed by atoms with Gasteiger partial charge < -0.3 is 5.73 Å². The molecule has 0 radical (unpaired) electrons. The third-order valence-electron chi connectivity index (χ3n) is 4.05. The van der Waals surface area contributed by atoms with Crippen molar-refractivity contribution in [1.82, 2.24) is 14.7 Å². The molecular weight excluding hydrogens is 224 g/mol. The van der Waals surface area contributed by atoms with Crippen LogP contribution >= 0.6 is 0 Å². The Morgan fingerprint density at radius 1 is 1.44 bits per heavy atom. The highest BCUT2D eigenvalue weighted by molar-refractivity contribution is 5.10. The topological polar surface area (TPSA) is 47.1 Å². The summed E-state index contributed by atoms with van der Waals surface area (Å²) in [4.78, 5) is 2.47. The van der Waals surface area contributed by atoms with Crippen molar-refractivity contribution in [3.8, 4) is 0 Å². The van der Waals surface area contributed by atoms with Crippen molar-refractivity contribution in [2.24, 2.45) is 11.7 Å². The van der Waals surface area contributed by atoms with Crippen LogP contribution in [-0.2, 0) is 6.54 Å². The minimum atomic E-state index is 0.437. The second kappa shape index (κ2) is 6.34. The molecule has 18 heavy (non-hydrogen) atoms. The van der Waals surface area contributed by atoms with Crippen LogP contribution in [-0.4, -0.2) is 34.8 Å². The molecule has 0 aromatic carbocycles. The molecule has 0 saturated carbocycles. The van der Waals surface area contributed by atoms with E-state index in [0.717, 1.165) is 19.5 Å². The van der Waals surface area contributed by atoms with Gasteiger partial charge in [-0.1, -0.05) is 13.3 Å². The van der Waals surface area contributed by atoms with Crippen LogP contribution in [0.25, 0.3) is 0 Å². The van der Waals surface area contributed by atoms with Crippen molar-refractivity contribution < 1.29 is 0 Å². The fraction of sp³-hybridized carbons (Fsp3) is 0.786. The van der Waals surface area contributed by atoms with Crippen molar-refractivity contribution in [2.75, 3.05) is 20.1 Å². The molecule has 2 N–H and O–H groups in total. The molecule has 1 aliphatic heterocycles. The molecule has 102 valence electrons. The van der Waals surface area contributed by atoms with E-state index in [1.807, 2.05) is 6.20 Å². The lowest BCUT2D eigenvalue weighted by Crippen LogP contribution is -2.34. The average Bonchev–Trinajstić information content (AvgIpc) is 2.73. The number of nitrogens with zero attached hydrogens (tertiary/aromatic N) is 3. The highest BCUT2D eigenvalue weighted by Gasteiger charge is 2.30. The summed E-state index contributed by atoms with van der Waals surface area (Å²) >= 11 is 0. The molecule has 4 nitrogen and oxygen atoms in total. The van der Waals surface area contributed by atoms with E-state index in [-0.39, 0.29) is 0 Å². The maximum atomic E-state index is 6.00. The summed E-state index contributed by atoms with van der Waals surface area (Å²) in [6.07, 6.45) is 6.87. The van der Waals surface area contributed by atoms with Gasteiger partial charge in [0, 0.05) is 12.7 Å². The molecule has 2 atom stereocenters. The van der Waals surface area contributed by atoms with Gasteiger partial charge in [-0.15, -0.1) is 0 Å². The van der Waals surface area contributed by atoms with E-state index in [1.54, 1.807) is 0 Å². The Morgan fingerprint density at radius 2 is 2.28 bits per heavy atom. The molecule has 1 aromatic heterocycles. The van der Waals surface area contributed by atoms with Gasteiger partial charge in [-0.05, 0) is 51.4 Å². The van der Waals surface area contributed by atoms with Gasteiger partial charge in [0.2, 0.25) is 0 Å². The highest BCUT2D eigenvalue weighted by atomic mass is 15.3. The first-order chi connectivity index (χ1) is 8.77. The molecule has 0 spiro atoms. The Hall–Kier alpha value is -0.870. The lowest BCUT2D eigenvalue weighted by molar-refractivity contribution is 0.185. The summed E-state index contributed by atoms with van der Waals surface area (Å²) in [6.45, 7) is 5.14. The van der Waals surface area contributed by atoms with Gasteiger partial charge in [0.15, 0.2) is 0 Å². The maximum Gasteiger partial charge on any atom is 0.0559 e. The Balaban J connectivity index is 2.27. The zero-order chi connectivity index (χ0) is 13.0. The molecule has 2 heterocycles. The van der Waals surface area contributed by atoms with Gasteiger partial charge in [-0.2, -0.15) is 5.10 Å². The number of hydrogen-bond donors (Lipinski definition) is 1. The summed E-state index contributed by atoms with van der Waals surface area (Å²) in [5, 5.41) is 4.46. The van der Waals surface area contributed by atoms with Crippen molar-refractivity contribution in [1.29, 1.82) is 0 Å². The first-order valence-electron chi connectivity index (χ1n) is 7.20. The Morgan fingerprint density at radius 3 is 3.00 bits per heavy atom. The standard InChI is InChI=1S/C14H26N4/c1-3-9-18-13(7-8-16-18)14-12(11-15)6-4-5-10-17(14)2/h7-8,12,14H,3-6,9-11,15H2,1-2H3. The predicted octanol–water partition coefficient (Wildman–Crippen LogP) is 2.02. The third kappa shape index (κ3) is 2.75. The largest absolute Gasteiger partial charge is 0.330 e. The van der Waals surface area contributed by atoms with Gasteiger partial charge in [0.1, 0.15) is 0 Å². The van der Waals surface area contributed by atoms with Gasteiger partial charge in [0.25, 0.3) is 0 Å². The van der Waals surface area contributed by atoms with Gasteiger partial charge in [-0.3, -0.25) is 9.58 Å². The van der Waals surface area contributed by atoms with Crippen LogP contribution in [0.4, 0.5) is 0 Å². The third-order valence-corrected chi connectivity index (χ3v) is 4.05. The lowest BCUT2D eigenvalue weighted by atomic mass is 9.92. The van der Waals surface area contributed by atoms with Gasteiger partial charge >= 0.3 is 0 Å². The normalized spacial score (nSPS) is 26.2. The first kappa shape index (κ1) is 13.6. The molecule has 0 amide bonds. The van der Waals surface area contributed by atoms with Crippen LogP contribution in [0.3, 0.4) is 0 Å². The number of likely N-dealkylation sites (tertiary alicyclic amines) is 1. The van der Waals surface area contributed by atoms with E-state index in [1.165, 1.54) is 31.5 Å². The summed E-state index contributed by atoms with van der Waals surface area (Å²) in [7, 11) is 2.22. The Labute approximate surface area is 110 Å². The molecule has 1 aliphatic rings. The van der Waals surface area contributed by atoms with Gasteiger partial charge in [-0.25, -0.2) is 0 Å². The minimum absolute atomic E-state index is 0.437. The molecule has 4 heteroatoms. The molecule has 0 bridgehead atoms. The van der Waals surface area contributed by atoms with Crippen LogP contribution in [0.1, 0.15) is 44.3 Å². The highest BCUT2D eigenvalue weighted by Crippen LogP contribution is 2.33. The van der Waals surface area contributed by atoms with Crippen LogP contribution < -0.4 is 5.73 Å². The van der Waals surface area contributed by atoms with E-state index < -0.39 is 0 Å². The van der Waals surface area contributed by atoms with Crippen molar-refractivity contribution in [2.45, 2.75) is 45.2 Å². The number of nitrogens with two attached hydrogens (primary N) is 1. The molecule has 1 saturated heterocycles. The second-order valence-corrected chi connectivity index (χ2v) is 5.40. The molecule has 0 aliphatic carbocycles. The first-order valence-corrected chi connectivity index (χ1v) is 7.20. The smallest absolute Gasteiger partial charge is 0.0559 e. The van der Waals surface area contributed by atoms with E-state index in [0.29, 0.717) is 12.0 Å². The molecule has 2 unspecified atom stereocenters. The molecule has 2 rings (SSSR count). The van der Waals surface area contributed by atoms with E-state index >= 15 is 0 Å². The monoisotopic (exact) mass is 250 g/mol.